The van der Waals surface area contributed by atoms with Gasteiger partial charge in [-0.25, -0.2) is 4.68 Å². The summed E-state index contributed by atoms with van der Waals surface area (Å²) in [7, 11) is 1.86. The predicted molar refractivity (Wildman–Crippen MR) is 86.1 cm³/mol. The smallest absolute Gasteiger partial charge is 0.269 e. The zero-order valence-corrected chi connectivity index (χ0v) is 13.8. The fourth-order valence-corrected chi connectivity index (χ4v) is 3.18. The molecule has 0 aliphatic carbocycles. The highest BCUT2D eigenvalue weighted by Crippen LogP contribution is 2.31. The van der Waals surface area contributed by atoms with Gasteiger partial charge in [0.1, 0.15) is 10.9 Å². The molecular formula is C13H13Cl2N3O2S. The van der Waals surface area contributed by atoms with Crippen LogP contribution in [0, 0.1) is 0 Å². The monoisotopic (exact) mass is 345 g/mol. The van der Waals surface area contributed by atoms with E-state index < -0.39 is 0 Å². The van der Waals surface area contributed by atoms with E-state index in [9.17, 15) is 9.59 Å². The molecule has 21 heavy (non-hydrogen) atoms. The Balaban J connectivity index is 2.22. The first-order chi connectivity index (χ1) is 9.92. The van der Waals surface area contributed by atoms with E-state index >= 15 is 0 Å². The quantitative estimate of drug-likeness (QED) is 0.781. The number of carbonyl (C=O) groups is 1. The zero-order valence-electron chi connectivity index (χ0n) is 11.5. The average Bonchev–Trinajstić information content (AvgIpc) is 2.79. The lowest BCUT2D eigenvalue weighted by Gasteiger charge is -2.16. The molecule has 0 fully saturated rings. The predicted octanol–water partition coefficient (Wildman–Crippen LogP) is 2.95. The number of anilines is 1. The summed E-state index contributed by atoms with van der Waals surface area (Å²) in [6, 6.07) is 2.95. The van der Waals surface area contributed by atoms with Crippen molar-refractivity contribution in [1.82, 2.24) is 9.78 Å². The van der Waals surface area contributed by atoms with Gasteiger partial charge in [-0.1, -0.05) is 23.2 Å². The third kappa shape index (κ3) is 3.64. The molecule has 0 aromatic carbocycles. The van der Waals surface area contributed by atoms with Crippen molar-refractivity contribution in [2.24, 2.45) is 0 Å². The van der Waals surface area contributed by atoms with Crippen molar-refractivity contribution in [3.05, 3.63) is 42.9 Å². The number of nitrogens with zero attached hydrogens (tertiary/aromatic N) is 3. The molecule has 2 aromatic rings. The normalized spacial score (nSPS) is 10.7. The van der Waals surface area contributed by atoms with Gasteiger partial charge >= 0.3 is 0 Å². The summed E-state index contributed by atoms with van der Waals surface area (Å²) in [4.78, 5) is 26.0. The summed E-state index contributed by atoms with van der Waals surface area (Å²) in [5, 5.41) is 4.02. The lowest BCUT2D eigenvalue weighted by Crippen LogP contribution is -2.28. The van der Waals surface area contributed by atoms with Crippen molar-refractivity contribution >= 4 is 46.0 Å². The Bertz CT molecular complexity index is 726. The van der Waals surface area contributed by atoms with E-state index in [0.717, 1.165) is 22.6 Å². The van der Waals surface area contributed by atoms with Crippen LogP contribution in [-0.2, 0) is 6.54 Å². The Morgan fingerprint density at radius 2 is 2.14 bits per heavy atom. The first-order valence-corrected chi connectivity index (χ1v) is 7.76. The number of aromatic nitrogens is 2. The minimum absolute atomic E-state index is 0.165. The number of thiophene rings is 1. The van der Waals surface area contributed by atoms with Crippen molar-refractivity contribution in [2.45, 2.75) is 13.5 Å². The van der Waals surface area contributed by atoms with Gasteiger partial charge in [-0.05, 0) is 13.0 Å². The molecule has 0 saturated heterocycles. The maximum Gasteiger partial charge on any atom is 0.269 e. The maximum absolute atomic E-state index is 12.1. The van der Waals surface area contributed by atoms with Crippen LogP contribution in [0.25, 0.3) is 0 Å². The highest BCUT2D eigenvalue weighted by Gasteiger charge is 2.16. The minimum Gasteiger partial charge on any atom is -0.373 e. The Morgan fingerprint density at radius 1 is 1.43 bits per heavy atom. The second-order valence-corrected chi connectivity index (χ2v) is 6.67. The van der Waals surface area contributed by atoms with Gasteiger partial charge < -0.3 is 4.90 Å². The summed E-state index contributed by atoms with van der Waals surface area (Å²) in [6.45, 7) is 2.56. The highest BCUT2D eigenvalue weighted by molar-refractivity contribution is 7.20. The molecule has 0 bridgehead atoms. The average molecular weight is 346 g/mol. The Hall–Kier alpha value is -1.37. The van der Waals surface area contributed by atoms with E-state index in [4.69, 9.17) is 23.2 Å². The molecule has 0 spiro atoms. The molecule has 0 aliphatic rings. The molecule has 2 aromatic heterocycles. The number of Topliss-reactive ketones (excluding diaryl/α,β-unsaturated/α-hetero) is 1. The van der Waals surface area contributed by atoms with Crippen molar-refractivity contribution in [2.75, 3.05) is 18.5 Å². The van der Waals surface area contributed by atoms with Gasteiger partial charge in [0.05, 0.1) is 21.8 Å². The standard InChI is InChI=1S/C13H13Cl2N3O2S/c1-3-17(2)8-4-12(20)18(16-6-8)7-10(19)9-5-11(14)21-13(9)15/h4-6H,3,7H2,1-2H3. The van der Waals surface area contributed by atoms with Crippen molar-refractivity contribution < 1.29 is 4.79 Å². The Labute approximate surface area is 135 Å². The number of halogens is 2. The van der Waals surface area contributed by atoms with E-state index in [1.54, 1.807) is 6.20 Å². The fraction of sp³-hybridized carbons (Fsp3) is 0.308. The summed E-state index contributed by atoms with van der Waals surface area (Å²) < 4.78 is 1.86. The third-order valence-electron chi connectivity index (χ3n) is 3.02. The summed E-state index contributed by atoms with van der Waals surface area (Å²) in [5.41, 5.74) is 0.691. The second kappa shape index (κ2) is 6.60. The van der Waals surface area contributed by atoms with Crippen LogP contribution in [-0.4, -0.2) is 29.2 Å². The number of hydrogen-bond acceptors (Lipinski definition) is 5. The number of hydrogen-bond donors (Lipinski definition) is 0. The maximum atomic E-state index is 12.1. The van der Waals surface area contributed by atoms with Gasteiger partial charge in [0.15, 0.2) is 5.78 Å². The summed E-state index contributed by atoms with van der Waals surface area (Å²) in [5.74, 6) is -0.297. The minimum atomic E-state index is -0.335. The molecule has 8 heteroatoms. The van der Waals surface area contributed by atoms with Crippen LogP contribution in [0.15, 0.2) is 23.1 Å². The van der Waals surface area contributed by atoms with Crippen LogP contribution in [0.4, 0.5) is 5.69 Å². The Morgan fingerprint density at radius 3 is 2.67 bits per heavy atom. The molecule has 0 atom stereocenters. The lowest BCUT2D eigenvalue weighted by atomic mass is 10.2. The van der Waals surface area contributed by atoms with Gasteiger partial charge in [0.25, 0.3) is 5.56 Å². The topological polar surface area (TPSA) is 55.2 Å². The second-order valence-electron chi connectivity index (χ2n) is 4.38. The number of ketones is 1. The molecule has 112 valence electrons. The molecule has 0 unspecified atom stereocenters. The van der Waals surface area contributed by atoms with Crippen LogP contribution in [0.5, 0.6) is 0 Å². The van der Waals surface area contributed by atoms with Crippen molar-refractivity contribution in [1.29, 1.82) is 0 Å². The molecule has 5 nitrogen and oxygen atoms in total. The zero-order chi connectivity index (χ0) is 15.6. The molecule has 2 heterocycles. The SMILES string of the molecule is CCN(C)c1cnn(CC(=O)c2cc(Cl)sc2Cl)c(=O)c1. The van der Waals surface area contributed by atoms with Crippen LogP contribution < -0.4 is 10.5 Å². The molecule has 0 radical (unpaired) electrons. The van der Waals surface area contributed by atoms with Crippen LogP contribution in [0.2, 0.25) is 8.67 Å². The molecule has 0 saturated carbocycles. The molecule has 0 amide bonds. The van der Waals surface area contributed by atoms with Gasteiger partial charge in [-0.2, -0.15) is 5.10 Å². The van der Waals surface area contributed by atoms with Gasteiger partial charge in [-0.3, -0.25) is 9.59 Å². The van der Waals surface area contributed by atoms with Crippen LogP contribution in [0.1, 0.15) is 17.3 Å². The van der Waals surface area contributed by atoms with E-state index in [1.165, 1.54) is 12.1 Å². The largest absolute Gasteiger partial charge is 0.373 e. The molecule has 2 rings (SSSR count). The van der Waals surface area contributed by atoms with Crippen LogP contribution in [0.3, 0.4) is 0 Å². The van der Waals surface area contributed by atoms with Crippen LogP contribution >= 0.6 is 34.5 Å². The van der Waals surface area contributed by atoms with Crippen molar-refractivity contribution in [3.8, 4) is 0 Å². The van der Waals surface area contributed by atoms with Gasteiger partial charge in [0.2, 0.25) is 0 Å². The van der Waals surface area contributed by atoms with E-state index in [2.05, 4.69) is 5.10 Å². The third-order valence-corrected chi connectivity index (χ3v) is 4.51. The first kappa shape index (κ1) is 16.0. The van der Waals surface area contributed by atoms with Crippen molar-refractivity contribution in [3.63, 3.8) is 0 Å². The summed E-state index contributed by atoms with van der Waals surface area (Å²) >= 11 is 12.9. The fourth-order valence-electron chi connectivity index (χ4n) is 1.69. The lowest BCUT2D eigenvalue weighted by molar-refractivity contribution is 0.0966. The van der Waals surface area contributed by atoms with E-state index in [1.807, 2.05) is 18.9 Å². The molecule has 0 aliphatic heterocycles. The highest BCUT2D eigenvalue weighted by atomic mass is 35.5. The number of carbonyl (C=O) groups excluding carboxylic acids is 1. The molecular weight excluding hydrogens is 333 g/mol. The first-order valence-electron chi connectivity index (χ1n) is 6.18. The molecule has 0 N–H and O–H groups in total. The van der Waals surface area contributed by atoms with E-state index in [-0.39, 0.29) is 17.9 Å². The Kier molecular flexibility index (Phi) is 5.03. The van der Waals surface area contributed by atoms with Gasteiger partial charge in [0, 0.05) is 19.7 Å². The van der Waals surface area contributed by atoms with E-state index in [0.29, 0.717) is 19.9 Å². The number of rotatable bonds is 5. The summed E-state index contributed by atoms with van der Waals surface area (Å²) in [6.07, 6.45) is 1.56. The van der Waals surface area contributed by atoms with Gasteiger partial charge in [-0.15, -0.1) is 11.3 Å².